The number of nitrogens with zero attached hydrogens (tertiary/aromatic N) is 1. The second-order valence-corrected chi connectivity index (χ2v) is 4.91. The van der Waals surface area contributed by atoms with Crippen LogP contribution in [0.4, 0.5) is 13.2 Å². The first-order valence-corrected chi connectivity index (χ1v) is 5.23. The van der Waals surface area contributed by atoms with E-state index in [1.54, 1.807) is 4.90 Å². The maximum absolute atomic E-state index is 12.1. The fraction of sp³-hybridized carbons (Fsp3) is 1.00. The van der Waals surface area contributed by atoms with Gasteiger partial charge in [0.05, 0.1) is 6.54 Å². The molecule has 3 atom stereocenters. The van der Waals surface area contributed by atoms with Gasteiger partial charge in [-0.1, -0.05) is 6.92 Å². The van der Waals surface area contributed by atoms with Crippen LogP contribution < -0.4 is 0 Å². The highest BCUT2D eigenvalue weighted by Gasteiger charge is 2.42. The zero-order valence-corrected chi connectivity index (χ0v) is 8.35. The smallest absolute Gasteiger partial charge is 0.294 e. The van der Waals surface area contributed by atoms with Crippen molar-refractivity contribution in [1.29, 1.82) is 0 Å². The van der Waals surface area contributed by atoms with Gasteiger partial charge in [0.25, 0.3) is 0 Å². The molecular formula is C10H16F3N. The second-order valence-electron chi connectivity index (χ2n) is 4.91. The third kappa shape index (κ3) is 2.22. The van der Waals surface area contributed by atoms with Crippen molar-refractivity contribution < 1.29 is 13.2 Å². The van der Waals surface area contributed by atoms with Crippen LogP contribution in [0.15, 0.2) is 0 Å². The normalized spacial score (nSPS) is 39.0. The van der Waals surface area contributed by atoms with Crippen LogP contribution in [0.1, 0.15) is 19.8 Å². The summed E-state index contributed by atoms with van der Waals surface area (Å²) in [5.74, 6) is 1.79. The lowest BCUT2D eigenvalue weighted by Crippen LogP contribution is -2.33. The van der Waals surface area contributed by atoms with E-state index in [4.69, 9.17) is 0 Å². The SMILES string of the molecule is CC1C[C@@H]2CN(CC(F)(F)F)C[C@@H]2C1. The molecule has 2 fully saturated rings. The Morgan fingerprint density at radius 1 is 1.14 bits per heavy atom. The molecule has 1 nitrogen and oxygen atoms in total. The minimum atomic E-state index is -4.02. The first-order valence-electron chi connectivity index (χ1n) is 5.23. The lowest BCUT2D eigenvalue weighted by molar-refractivity contribution is -0.144. The van der Waals surface area contributed by atoms with Crippen LogP contribution in [0, 0.1) is 17.8 Å². The minimum absolute atomic E-state index is 0.535. The molecule has 2 rings (SSSR count). The molecule has 2 aliphatic rings. The highest BCUT2D eigenvalue weighted by atomic mass is 19.4. The zero-order chi connectivity index (χ0) is 10.3. The summed E-state index contributed by atoms with van der Waals surface area (Å²) >= 11 is 0. The molecular weight excluding hydrogens is 191 g/mol. The Kier molecular flexibility index (Phi) is 2.50. The highest BCUT2D eigenvalue weighted by molar-refractivity contribution is 4.91. The molecule has 0 spiro atoms. The van der Waals surface area contributed by atoms with E-state index in [2.05, 4.69) is 6.92 Å². The van der Waals surface area contributed by atoms with Crippen molar-refractivity contribution in [3.8, 4) is 0 Å². The zero-order valence-electron chi connectivity index (χ0n) is 8.35. The average Bonchev–Trinajstić information content (AvgIpc) is 2.39. The Bertz CT molecular complexity index is 200. The average molecular weight is 207 g/mol. The lowest BCUT2D eigenvalue weighted by atomic mass is 10.0. The number of rotatable bonds is 1. The maximum atomic E-state index is 12.1. The molecule has 4 heteroatoms. The number of halogens is 3. The van der Waals surface area contributed by atoms with Gasteiger partial charge in [-0.3, -0.25) is 4.90 Å². The Morgan fingerprint density at radius 3 is 2.07 bits per heavy atom. The molecule has 1 aliphatic heterocycles. The summed E-state index contributed by atoms with van der Waals surface area (Å²) in [7, 11) is 0. The standard InChI is InChI=1S/C10H16F3N/c1-7-2-8-4-14(5-9(8)3-7)6-10(11,12)13/h7-9H,2-6H2,1H3/t7?,8-,9+. The van der Waals surface area contributed by atoms with Gasteiger partial charge in [0, 0.05) is 13.1 Å². The largest absolute Gasteiger partial charge is 0.401 e. The predicted octanol–water partition coefficient (Wildman–Crippen LogP) is 2.53. The van der Waals surface area contributed by atoms with Gasteiger partial charge in [-0.05, 0) is 30.6 Å². The maximum Gasteiger partial charge on any atom is 0.401 e. The topological polar surface area (TPSA) is 3.24 Å². The molecule has 0 radical (unpaired) electrons. The van der Waals surface area contributed by atoms with Crippen LogP contribution in [0.2, 0.25) is 0 Å². The molecule has 0 aromatic carbocycles. The van der Waals surface area contributed by atoms with Gasteiger partial charge < -0.3 is 0 Å². The van der Waals surface area contributed by atoms with Gasteiger partial charge in [0.2, 0.25) is 0 Å². The highest BCUT2D eigenvalue weighted by Crippen LogP contribution is 2.41. The van der Waals surface area contributed by atoms with Gasteiger partial charge in [-0.2, -0.15) is 13.2 Å². The molecule has 0 N–H and O–H groups in total. The van der Waals surface area contributed by atoms with Crippen molar-refractivity contribution in [2.24, 2.45) is 17.8 Å². The summed E-state index contributed by atoms with van der Waals surface area (Å²) in [6.45, 7) is 2.81. The number of hydrogen-bond acceptors (Lipinski definition) is 1. The molecule has 0 aromatic rings. The Balaban J connectivity index is 1.86. The summed E-state index contributed by atoms with van der Waals surface area (Å²) in [6, 6.07) is 0. The summed E-state index contributed by atoms with van der Waals surface area (Å²) in [6.07, 6.45) is -1.78. The van der Waals surface area contributed by atoms with Crippen LogP contribution in [0.25, 0.3) is 0 Å². The van der Waals surface area contributed by atoms with Crippen molar-refractivity contribution >= 4 is 0 Å². The predicted molar refractivity (Wildman–Crippen MR) is 47.9 cm³/mol. The van der Waals surface area contributed by atoms with Crippen molar-refractivity contribution in [2.45, 2.75) is 25.9 Å². The molecule has 1 saturated heterocycles. The second kappa shape index (κ2) is 3.40. The Morgan fingerprint density at radius 2 is 1.64 bits per heavy atom. The molecule has 0 amide bonds. The molecule has 0 aromatic heterocycles. The number of alkyl halides is 3. The van der Waals surface area contributed by atoms with E-state index in [0.29, 0.717) is 24.9 Å². The van der Waals surface area contributed by atoms with E-state index in [0.717, 1.165) is 18.8 Å². The monoisotopic (exact) mass is 207 g/mol. The van der Waals surface area contributed by atoms with Crippen LogP contribution >= 0.6 is 0 Å². The van der Waals surface area contributed by atoms with Crippen LogP contribution in [0.5, 0.6) is 0 Å². The number of hydrogen-bond donors (Lipinski definition) is 0. The molecule has 82 valence electrons. The summed E-state index contributed by atoms with van der Waals surface area (Å²) in [5, 5.41) is 0. The van der Waals surface area contributed by atoms with E-state index in [9.17, 15) is 13.2 Å². The quantitative estimate of drug-likeness (QED) is 0.638. The van der Waals surface area contributed by atoms with E-state index in [1.807, 2.05) is 0 Å². The number of likely N-dealkylation sites (tertiary alicyclic amines) is 1. The summed E-state index contributed by atoms with van der Waals surface area (Å²) in [4.78, 5) is 1.57. The van der Waals surface area contributed by atoms with Crippen molar-refractivity contribution in [3.05, 3.63) is 0 Å². The Labute approximate surface area is 82.3 Å². The van der Waals surface area contributed by atoms with E-state index < -0.39 is 12.7 Å². The molecule has 14 heavy (non-hydrogen) atoms. The summed E-state index contributed by atoms with van der Waals surface area (Å²) in [5.41, 5.74) is 0. The third-order valence-electron chi connectivity index (χ3n) is 3.47. The van der Waals surface area contributed by atoms with Gasteiger partial charge >= 0.3 is 6.18 Å². The first-order chi connectivity index (χ1) is 6.44. The van der Waals surface area contributed by atoms with Gasteiger partial charge in [0.15, 0.2) is 0 Å². The van der Waals surface area contributed by atoms with Crippen molar-refractivity contribution in [3.63, 3.8) is 0 Å². The molecule has 1 heterocycles. The van der Waals surface area contributed by atoms with E-state index >= 15 is 0 Å². The molecule has 1 saturated carbocycles. The van der Waals surface area contributed by atoms with Crippen LogP contribution in [-0.2, 0) is 0 Å². The van der Waals surface area contributed by atoms with Crippen LogP contribution in [0.3, 0.4) is 0 Å². The Hall–Kier alpha value is -0.250. The van der Waals surface area contributed by atoms with Crippen molar-refractivity contribution in [2.75, 3.05) is 19.6 Å². The van der Waals surface area contributed by atoms with E-state index in [-0.39, 0.29) is 0 Å². The molecule has 1 unspecified atom stereocenters. The van der Waals surface area contributed by atoms with Gasteiger partial charge in [-0.15, -0.1) is 0 Å². The molecule has 0 bridgehead atoms. The summed E-state index contributed by atoms with van der Waals surface area (Å²) < 4.78 is 36.4. The van der Waals surface area contributed by atoms with Gasteiger partial charge in [0.1, 0.15) is 0 Å². The molecule has 1 aliphatic carbocycles. The fourth-order valence-corrected chi connectivity index (χ4v) is 3.08. The minimum Gasteiger partial charge on any atom is -0.294 e. The first kappa shape index (κ1) is 10.3. The van der Waals surface area contributed by atoms with E-state index in [1.165, 1.54) is 0 Å². The van der Waals surface area contributed by atoms with Crippen molar-refractivity contribution in [1.82, 2.24) is 4.90 Å². The van der Waals surface area contributed by atoms with Crippen LogP contribution in [-0.4, -0.2) is 30.7 Å². The fourth-order valence-electron chi connectivity index (χ4n) is 3.08. The van der Waals surface area contributed by atoms with Gasteiger partial charge in [-0.25, -0.2) is 0 Å². The lowest BCUT2D eigenvalue weighted by Gasteiger charge is -2.19. The number of fused-ring (bicyclic) bond motifs is 1. The third-order valence-corrected chi connectivity index (χ3v) is 3.47.